The molecule has 0 aliphatic carbocycles. The molecule has 1 fully saturated rings. The van der Waals surface area contributed by atoms with Crippen LogP contribution in [0.15, 0.2) is 0 Å². The number of primary amides is 1. The standard InChI is InChI=1S/C9H16N2O6S/c10-8(12)5-11(6-9(13)14)18(15,16)7-1-3-17-4-2-7/h7H,1-6H2,(H2,10,12)(H,13,14). The molecule has 1 heterocycles. The Kier molecular flexibility index (Phi) is 5.05. The zero-order valence-corrected chi connectivity index (χ0v) is 10.6. The van der Waals surface area contributed by atoms with E-state index in [0.717, 1.165) is 0 Å². The zero-order valence-electron chi connectivity index (χ0n) is 9.74. The number of hydrogen-bond acceptors (Lipinski definition) is 5. The van der Waals surface area contributed by atoms with E-state index < -0.39 is 40.2 Å². The van der Waals surface area contributed by atoms with Gasteiger partial charge in [-0.05, 0) is 12.8 Å². The average molecular weight is 280 g/mol. The van der Waals surface area contributed by atoms with E-state index in [1.54, 1.807) is 0 Å². The maximum atomic E-state index is 12.2. The van der Waals surface area contributed by atoms with E-state index in [1.807, 2.05) is 0 Å². The Morgan fingerprint density at radius 2 is 1.83 bits per heavy atom. The summed E-state index contributed by atoms with van der Waals surface area (Å²) in [4.78, 5) is 21.5. The summed E-state index contributed by atoms with van der Waals surface area (Å²) in [5.41, 5.74) is 4.93. The van der Waals surface area contributed by atoms with Gasteiger partial charge in [-0.15, -0.1) is 0 Å². The Bertz CT molecular complexity index is 399. The molecule has 1 amide bonds. The molecule has 0 unspecified atom stereocenters. The molecule has 1 aliphatic rings. The molecule has 0 saturated carbocycles. The van der Waals surface area contributed by atoms with Crippen LogP contribution >= 0.6 is 0 Å². The number of carbonyl (C=O) groups is 2. The molecule has 1 rings (SSSR count). The van der Waals surface area contributed by atoms with Gasteiger partial charge in [-0.2, -0.15) is 4.31 Å². The number of rotatable bonds is 6. The quantitative estimate of drug-likeness (QED) is 0.601. The van der Waals surface area contributed by atoms with Gasteiger partial charge in [-0.25, -0.2) is 8.42 Å². The van der Waals surface area contributed by atoms with Crippen LogP contribution in [0.4, 0.5) is 0 Å². The monoisotopic (exact) mass is 280 g/mol. The van der Waals surface area contributed by atoms with E-state index in [4.69, 9.17) is 15.6 Å². The fourth-order valence-corrected chi connectivity index (χ4v) is 3.55. The van der Waals surface area contributed by atoms with Crippen molar-refractivity contribution in [2.75, 3.05) is 26.3 Å². The van der Waals surface area contributed by atoms with E-state index >= 15 is 0 Å². The highest BCUT2D eigenvalue weighted by molar-refractivity contribution is 7.89. The fraction of sp³-hybridized carbons (Fsp3) is 0.778. The van der Waals surface area contributed by atoms with Gasteiger partial charge in [0.2, 0.25) is 15.9 Å². The topological polar surface area (TPSA) is 127 Å². The highest BCUT2D eigenvalue weighted by Gasteiger charge is 2.35. The largest absolute Gasteiger partial charge is 0.480 e. The van der Waals surface area contributed by atoms with Crippen molar-refractivity contribution in [3.63, 3.8) is 0 Å². The number of carboxylic acid groups (broad SMARTS) is 1. The molecule has 0 aromatic rings. The third-order valence-electron chi connectivity index (χ3n) is 2.59. The van der Waals surface area contributed by atoms with Gasteiger partial charge in [0.1, 0.15) is 6.54 Å². The summed E-state index contributed by atoms with van der Waals surface area (Å²) in [5.74, 6) is -2.21. The first-order chi connectivity index (χ1) is 8.34. The van der Waals surface area contributed by atoms with Crippen LogP contribution in [0.1, 0.15) is 12.8 Å². The molecule has 0 aromatic carbocycles. The Labute approximate surface area is 105 Å². The van der Waals surface area contributed by atoms with Crippen LogP contribution in [-0.2, 0) is 24.3 Å². The molecule has 0 aromatic heterocycles. The SMILES string of the molecule is NC(=O)CN(CC(=O)O)S(=O)(=O)C1CCOCC1. The highest BCUT2D eigenvalue weighted by atomic mass is 32.2. The molecule has 8 nitrogen and oxygen atoms in total. The molecule has 104 valence electrons. The zero-order chi connectivity index (χ0) is 13.8. The molecule has 1 aliphatic heterocycles. The minimum atomic E-state index is -3.84. The number of hydrogen-bond donors (Lipinski definition) is 2. The predicted octanol–water partition coefficient (Wildman–Crippen LogP) is -1.63. The molecule has 3 N–H and O–H groups in total. The molecule has 9 heteroatoms. The lowest BCUT2D eigenvalue weighted by Crippen LogP contribution is -2.47. The van der Waals surface area contributed by atoms with Crippen molar-refractivity contribution in [3.8, 4) is 0 Å². The molecular formula is C9H16N2O6S. The molecule has 0 bridgehead atoms. The average Bonchev–Trinajstić information content (AvgIpc) is 2.28. The number of nitrogens with zero attached hydrogens (tertiary/aromatic N) is 1. The van der Waals surface area contributed by atoms with Crippen LogP contribution in [0.2, 0.25) is 0 Å². The van der Waals surface area contributed by atoms with Gasteiger partial charge in [0, 0.05) is 13.2 Å². The van der Waals surface area contributed by atoms with Crippen molar-refractivity contribution in [1.29, 1.82) is 0 Å². The fourth-order valence-electron chi connectivity index (χ4n) is 1.75. The smallest absolute Gasteiger partial charge is 0.318 e. The third kappa shape index (κ3) is 3.93. The van der Waals surface area contributed by atoms with E-state index in [1.165, 1.54) is 0 Å². The van der Waals surface area contributed by atoms with Gasteiger partial charge in [0.25, 0.3) is 0 Å². The van der Waals surface area contributed by atoms with Crippen LogP contribution < -0.4 is 5.73 Å². The molecule has 0 atom stereocenters. The first-order valence-electron chi connectivity index (χ1n) is 5.41. The minimum Gasteiger partial charge on any atom is -0.480 e. The van der Waals surface area contributed by atoms with Gasteiger partial charge in [-0.3, -0.25) is 9.59 Å². The summed E-state index contributed by atoms with van der Waals surface area (Å²) in [5, 5.41) is 7.96. The van der Waals surface area contributed by atoms with E-state index in [9.17, 15) is 18.0 Å². The lowest BCUT2D eigenvalue weighted by atomic mass is 10.2. The lowest BCUT2D eigenvalue weighted by molar-refractivity contribution is -0.137. The maximum Gasteiger partial charge on any atom is 0.318 e. The van der Waals surface area contributed by atoms with Crippen molar-refractivity contribution >= 4 is 21.9 Å². The minimum absolute atomic E-state index is 0.289. The van der Waals surface area contributed by atoms with Crippen LogP contribution in [0.5, 0.6) is 0 Å². The van der Waals surface area contributed by atoms with Crippen LogP contribution in [0.3, 0.4) is 0 Å². The van der Waals surface area contributed by atoms with Gasteiger partial charge in [0.05, 0.1) is 11.8 Å². The molecule has 0 radical (unpaired) electrons. The molecule has 0 spiro atoms. The summed E-state index contributed by atoms with van der Waals surface area (Å²) in [6.07, 6.45) is 0.578. The van der Waals surface area contributed by atoms with E-state index in [0.29, 0.717) is 17.5 Å². The maximum absolute atomic E-state index is 12.2. The van der Waals surface area contributed by atoms with Crippen molar-refractivity contribution in [1.82, 2.24) is 4.31 Å². The second-order valence-corrected chi connectivity index (χ2v) is 6.20. The second kappa shape index (κ2) is 6.12. The Morgan fingerprint density at radius 1 is 1.28 bits per heavy atom. The number of ether oxygens (including phenoxy) is 1. The summed E-state index contributed by atoms with van der Waals surface area (Å²) in [6, 6.07) is 0. The second-order valence-electron chi connectivity index (χ2n) is 3.98. The Morgan fingerprint density at radius 3 is 2.28 bits per heavy atom. The van der Waals surface area contributed by atoms with Crippen LogP contribution in [0, 0.1) is 0 Å². The van der Waals surface area contributed by atoms with Crippen molar-refractivity contribution in [2.24, 2.45) is 5.73 Å². The Hall–Kier alpha value is -1.19. The molecular weight excluding hydrogens is 264 g/mol. The summed E-state index contributed by atoms with van der Waals surface area (Å²) < 4.78 is 30.0. The van der Waals surface area contributed by atoms with Gasteiger partial charge in [-0.1, -0.05) is 0 Å². The molecule has 1 saturated heterocycles. The summed E-state index contributed by atoms with van der Waals surface area (Å²) >= 11 is 0. The van der Waals surface area contributed by atoms with Crippen molar-refractivity contribution < 1.29 is 27.9 Å². The van der Waals surface area contributed by atoms with Crippen LogP contribution in [0.25, 0.3) is 0 Å². The number of nitrogens with two attached hydrogens (primary N) is 1. The highest BCUT2D eigenvalue weighted by Crippen LogP contribution is 2.19. The van der Waals surface area contributed by atoms with E-state index in [-0.39, 0.29) is 12.8 Å². The number of sulfonamides is 1. The number of aliphatic carboxylic acids is 1. The summed E-state index contributed by atoms with van der Waals surface area (Å²) in [7, 11) is -3.84. The normalized spacial score (nSPS) is 17.8. The number of carbonyl (C=O) groups excluding carboxylic acids is 1. The number of carboxylic acids is 1. The molecule has 18 heavy (non-hydrogen) atoms. The Balaban J connectivity index is 2.86. The lowest BCUT2D eigenvalue weighted by Gasteiger charge is -2.27. The van der Waals surface area contributed by atoms with Crippen molar-refractivity contribution in [3.05, 3.63) is 0 Å². The summed E-state index contributed by atoms with van der Waals surface area (Å²) in [6.45, 7) is -0.766. The van der Waals surface area contributed by atoms with Crippen molar-refractivity contribution in [2.45, 2.75) is 18.1 Å². The van der Waals surface area contributed by atoms with Gasteiger partial charge >= 0.3 is 5.97 Å². The predicted molar refractivity (Wildman–Crippen MR) is 61.2 cm³/mol. The number of amides is 1. The first-order valence-corrected chi connectivity index (χ1v) is 6.91. The first kappa shape index (κ1) is 14.9. The van der Waals surface area contributed by atoms with Crippen LogP contribution in [-0.4, -0.2) is 61.3 Å². The third-order valence-corrected chi connectivity index (χ3v) is 4.89. The van der Waals surface area contributed by atoms with E-state index in [2.05, 4.69) is 0 Å². The van der Waals surface area contributed by atoms with Gasteiger partial charge in [0.15, 0.2) is 0 Å². The van der Waals surface area contributed by atoms with Gasteiger partial charge < -0.3 is 15.6 Å².